The second-order valence-corrected chi connectivity index (χ2v) is 4.68. The van der Waals surface area contributed by atoms with Gasteiger partial charge in [-0.15, -0.1) is 11.8 Å². The Hall–Kier alpha value is -0.960. The second kappa shape index (κ2) is 6.51. The van der Waals surface area contributed by atoms with E-state index in [1.54, 1.807) is 0 Å². The Kier molecular flexibility index (Phi) is 5.26. The lowest BCUT2D eigenvalue weighted by Gasteiger charge is -2.10. The average molecular weight is 224 g/mol. The zero-order valence-corrected chi connectivity index (χ0v) is 9.67. The number of hydrogen-bond donors (Lipinski definition) is 1. The van der Waals surface area contributed by atoms with E-state index in [0.29, 0.717) is 0 Å². The van der Waals surface area contributed by atoms with E-state index in [-0.39, 0.29) is 5.25 Å². The van der Waals surface area contributed by atoms with E-state index in [9.17, 15) is 4.79 Å². The molecular formula is C12H16O2S. The summed E-state index contributed by atoms with van der Waals surface area (Å²) in [6, 6.07) is 9.70. The predicted octanol–water partition coefficient (Wildman–Crippen LogP) is 3.42. The second-order valence-electron chi connectivity index (χ2n) is 3.40. The van der Waals surface area contributed by atoms with Gasteiger partial charge in [-0.1, -0.05) is 38.0 Å². The van der Waals surface area contributed by atoms with Crippen LogP contribution >= 0.6 is 11.8 Å². The standard InChI is InChI=1S/C12H16O2S/c1-2-3-9-11(12(13)14)15-10-7-5-4-6-8-10/h4-8,11H,2-3,9H2,1H3,(H,13,14). The molecule has 0 saturated heterocycles. The van der Waals surface area contributed by atoms with E-state index in [1.165, 1.54) is 11.8 Å². The number of aliphatic carboxylic acids is 1. The number of unbranched alkanes of at least 4 members (excludes halogenated alkanes) is 1. The SMILES string of the molecule is CCCCC(Sc1ccccc1)C(=O)O. The topological polar surface area (TPSA) is 37.3 Å². The monoisotopic (exact) mass is 224 g/mol. The number of benzene rings is 1. The van der Waals surface area contributed by atoms with Crippen molar-refractivity contribution in [3.63, 3.8) is 0 Å². The summed E-state index contributed by atoms with van der Waals surface area (Å²) in [7, 11) is 0. The van der Waals surface area contributed by atoms with Gasteiger partial charge in [0, 0.05) is 4.90 Å². The largest absolute Gasteiger partial charge is 0.480 e. The molecule has 1 aromatic carbocycles. The van der Waals surface area contributed by atoms with Crippen molar-refractivity contribution in [2.45, 2.75) is 36.3 Å². The molecule has 82 valence electrons. The summed E-state index contributed by atoms with van der Waals surface area (Å²) >= 11 is 1.44. The fraction of sp³-hybridized carbons (Fsp3) is 0.417. The van der Waals surface area contributed by atoms with E-state index in [0.717, 1.165) is 24.2 Å². The van der Waals surface area contributed by atoms with Gasteiger partial charge >= 0.3 is 5.97 Å². The molecule has 0 amide bonds. The number of rotatable bonds is 6. The fourth-order valence-corrected chi connectivity index (χ4v) is 2.31. The Labute approximate surface area is 94.7 Å². The molecule has 0 fully saturated rings. The van der Waals surface area contributed by atoms with Crippen molar-refractivity contribution in [1.82, 2.24) is 0 Å². The molecule has 1 aromatic rings. The van der Waals surface area contributed by atoms with Crippen LogP contribution < -0.4 is 0 Å². The van der Waals surface area contributed by atoms with Crippen LogP contribution in [0.2, 0.25) is 0 Å². The van der Waals surface area contributed by atoms with Crippen LogP contribution in [0.3, 0.4) is 0 Å². The Morgan fingerprint density at radius 1 is 1.40 bits per heavy atom. The Morgan fingerprint density at radius 3 is 2.60 bits per heavy atom. The molecule has 0 bridgehead atoms. The summed E-state index contributed by atoms with van der Waals surface area (Å²) < 4.78 is 0. The summed E-state index contributed by atoms with van der Waals surface area (Å²) in [5.74, 6) is -0.711. The van der Waals surface area contributed by atoms with E-state index >= 15 is 0 Å². The van der Waals surface area contributed by atoms with Gasteiger partial charge in [-0.25, -0.2) is 0 Å². The molecule has 0 spiro atoms. The molecule has 1 N–H and O–H groups in total. The first-order valence-corrected chi connectivity index (χ1v) is 6.06. The average Bonchev–Trinajstić information content (AvgIpc) is 2.25. The van der Waals surface area contributed by atoms with Crippen LogP contribution in [0.15, 0.2) is 35.2 Å². The quantitative estimate of drug-likeness (QED) is 0.752. The molecule has 0 aliphatic carbocycles. The highest BCUT2D eigenvalue weighted by Gasteiger charge is 2.17. The number of carboxylic acids is 1. The van der Waals surface area contributed by atoms with Crippen molar-refractivity contribution >= 4 is 17.7 Å². The molecule has 0 heterocycles. The van der Waals surface area contributed by atoms with Gasteiger partial charge in [-0.05, 0) is 18.6 Å². The first kappa shape index (κ1) is 12.1. The minimum atomic E-state index is -0.711. The third kappa shape index (κ3) is 4.38. The summed E-state index contributed by atoms with van der Waals surface area (Å²) in [6.07, 6.45) is 2.75. The van der Waals surface area contributed by atoms with Crippen molar-refractivity contribution in [3.05, 3.63) is 30.3 Å². The van der Waals surface area contributed by atoms with Crippen molar-refractivity contribution in [1.29, 1.82) is 0 Å². The van der Waals surface area contributed by atoms with Gasteiger partial charge in [-0.2, -0.15) is 0 Å². The highest BCUT2D eigenvalue weighted by Crippen LogP contribution is 2.26. The number of carbonyl (C=O) groups is 1. The lowest BCUT2D eigenvalue weighted by Crippen LogP contribution is -2.15. The van der Waals surface area contributed by atoms with Crippen molar-refractivity contribution in [3.8, 4) is 0 Å². The maximum Gasteiger partial charge on any atom is 0.316 e. The third-order valence-electron chi connectivity index (χ3n) is 2.12. The van der Waals surface area contributed by atoms with Crippen molar-refractivity contribution in [2.75, 3.05) is 0 Å². The van der Waals surface area contributed by atoms with Gasteiger partial charge in [-0.3, -0.25) is 4.79 Å². The molecule has 3 heteroatoms. The fourth-order valence-electron chi connectivity index (χ4n) is 1.29. The van der Waals surface area contributed by atoms with Gasteiger partial charge in [0.2, 0.25) is 0 Å². The van der Waals surface area contributed by atoms with Crippen LogP contribution in [-0.2, 0) is 4.79 Å². The molecule has 1 unspecified atom stereocenters. The first-order valence-electron chi connectivity index (χ1n) is 5.18. The Morgan fingerprint density at radius 2 is 2.07 bits per heavy atom. The highest BCUT2D eigenvalue weighted by molar-refractivity contribution is 8.00. The van der Waals surface area contributed by atoms with E-state index < -0.39 is 5.97 Å². The Bertz CT molecular complexity index is 298. The van der Waals surface area contributed by atoms with Gasteiger partial charge in [0.25, 0.3) is 0 Å². The Balaban J connectivity index is 2.55. The third-order valence-corrected chi connectivity index (χ3v) is 3.38. The molecule has 0 radical (unpaired) electrons. The van der Waals surface area contributed by atoms with E-state index in [4.69, 9.17) is 5.11 Å². The van der Waals surface area contributed by atoms with Gasteiger partial charge < -0.3 is 5.11 Å². The highest BCUT2D eigenvalue weighted by atomic mass is 32.2. The number of hydrogen-bond acceptors (Lipinski definition) is 2. The summed E-state index contributed by atoms with van der Waals surface area (Å²) in [4.78, 5) is 12.0. The first-order chi connectivity index (χ1) is 7.24. The maximum atomic E-state index is 11.0. The lowest BCUT2D eigenvalue weighted by atomic mass is 10.2. The number of thioether (sulfide) groups is 1. The minimum absolute atomic E-state index is 0.313. The van der Waals surface area contributed by atoms with Gasteiger partial charge in [0.15, 0.2) is 0 Å². The molecule has 0 aliphatic rings. The molecule has 0 aliphatic heterocycles. The number of carboxylic acid groups (broad SMARTS) is 1. The predicted molar refractivity (Wildman–Crippen MR) is 63.2 cm³/mol. The van der Waals surface area contributed by atoms with Gasteiger partial charge in [0.05, 0.1) is 0 Å². The molecule has 0 aromatic heterocycles. The van der Waals surface area contributed by atoms with Crippen LogP contribution in [0.5, 0.6) is 0 Å². The smallest absolute Gasteiger partial charge is 0.316 e. The summed E-state index contributed by atoms with van der Waals surface area (Å²) in [5.41, 5.74) is 0. The zero-order valence-electron chi connectivity index (χ0n) is 8.85. The van der Waals surface area contributed by atoms with Crippen LogP contribution in [0.25, 0.3) is 0 Å². The van der Waals surface area contributed by atoms with Crippen LogP contribution in [0, 0.1) is 0 Å². The summed E-state index contributed by atoms with van der Waals surface area (Å²) in [5, 5.41) is 8.73. The van der Waals surface area contributed by atoms with Crippen molar-refractivity contribution in [2.24, 2.45) is 0 Å². The van der Waals surface area contributed by atoms with Crippen LogP contribution in [-0.4, -0.2) is 16.3 Å². The molecule has 1 rings (SSSR count). The molecule has 2 nitrogen and oxygen atoms in total. The molecule has 0 saturated carbocycles. The molecule has 1 atom stereocenters. The molecular weight excluding hydrogens is 208 g/mol. The lowest BCUT2D eigenvalue weighted by molar-refractivity contribution is -0.136. The van der Waals surface area contributed by atoms with E-state index in [2.05, 4.69) is 6.92 Å². The van der Waals surface area contributed by atoms with Crippen molar-refractivity contribution < 1.29 is 9.90 Å². The maximum absolute atomic E-state index is 11.0. The zero-order chi connectivity index (χ0) is 11.1. The molecule has 15 heavy (non-hydrogen) atoms. The van der Waals surface area contributed by atoms with Gasteiger partial charge in [0.1, 0.15) is 5.25 Å². The normalized spacial score (nSPS) is 12.3. The van der Waals surface area contributed by atoms with Crippen LogP contribution in [0.4, 0.5) is 0 Å². The van der Waals surface area contributed by atoms with Crippen LogP contribution in [0.1, 0.15) is 26.2 Å². The summed E-state index contributed by atoms with van der Waals surface area (Å²) in [6.45, 7) is 2.08. The van der Waals surface area contributed by atoms with E-state index in [1.807, 2.05) is 30.3 Å². The minimum Gasteiger partial charge on any atom is -0.480 e.